The summed E-state index contributed by atoms with van der Waals surface area (Å²) in [5, 5.41) is 8.07. The first-order valence-corrected chi connectivity index (χ1v) is 4.95. The molecule has 0 aromatic carbocycles. The summed E-state index contributed by atoms with van der Waals surface area (Å²) in [6.07, 6.45) is 6.70. The Morgan fingerprint density at radius 3 is 3.14 bits per heavy atom. The third-order valence-corrected chi connectivity index (χ3v) is 2.81. The molecule has 0 N–H and O–H groups in total. The zero-order valence-electron chi connectivity index (χ0n) is 8.14. The fourth-order valence-corrected chi connectivity index (χ4v) is 2.06. The zero-order valence-corrected chi connectivity index (χ0v) is 8.14. The third-order valence-electron chi connectivity index (χ3n) is 2.81. The van der Waals surface area contributed by atoms with Gasteiger partial charge in [-0.25, -0.2) is 0 Å². The van der Waals surface area contributed by atoms with E-state index in [1.165, 1.54) is 24.1 Å². The molecule has 2 heterocycles. The maximum absolute atomic E-state index is 4.35. The Kier molecular flexibility index (Phi) is 1.53. The molecule has 1 aliphatic carbocycles. The van der Waals surface area contributed by atoms with Gasteiger partial charge in [-0.3, -0.25) is 0 Å². The van der Waals surface area contributed by atoms with Crippen molar-refractivity contribution in [3.63, 3.8) is 0 Å². The van der Waals surface area contributed by atoms with Gasteiger partial charge in [0.25, 0.3) is 0 Å². The zero-order chi connectivity index (χ0) is 9.54. The van der Waals surface area contributed by atoms with E-state index < -0.39 is 0 Å². The van der Waals surface area contributed by atoms with Crippen molar-refractivity contribution >= 4 is 5.78 Å². The lowest BCUT2D eigenvalue weighted by Gasteiger charge is -2.10. The first-order chi connectivity index (χ1) is 6.86. The van der Waals surface area contributed by atoms with Crippen LogP contribution in [0.1, 0.15) is 24.1 Å². The molecule has 0 spiro atoms. The van der Waals surface area contributed by atoms with Gasteiger partial charge >= 0.3 is 5.78 Å². The predicted octanol–water partition coefficient (Wildman–Crippen LogP) is -0.172. The van der Waals surface area contributed by atoms with Gasteiger partial charge in [-0.05, 0) is 19.3 Å². The van der Waals surface area contributed by atoms with E-state index in [9.17, 15) is 0 Å². The average molecular weight is 190 g/mol. The van der Waals surface area contributed by atoms with E-state index in [0.717, 1.165) is 18.6 Å². The van der Waals surface area contributed by atoms with Crippen LogP contribution in [0.2, 0.25) is 0 Å². The highest BCUT2D eigenvalue weighted by Crippen LogP contribution is 2.19. The van der Waals surface area contributed by atoms with Gasteiger partial charge in [0.15, 0.2) is 0 Å². The number of fused-ring (bicyclic) bond motifs is 3. The Morgan fingerprint density at radius 1 is 1.36 bits per heavy atom. The molecule has 0 saturated carbocycles. The number of hydrogen-bond donors (Lipinski definition) is 0. The maximum atomic E-state index is 4.35. The molecular weight excluding hydrogens is 178 g/mol. The summed E-state index contributed by atoms with van der Waals surface area (Å²) in [4.78, 5) is 4.35. The number of aromatic nitrogens is 5. The van der Waals surface area contributed by atoms with E-state index in [4.69, 9.17) is 0 Å². The van der Waals surface area contributed by atoms with Crippen molar-refractivity contribution in [2.45, 2.75) is 25.7 Å². The van der Waals surface area contributed by atoms with Gasteiger partial charge in [0.2, 0.25) is 0 Å². The minimum Gasteiger partial charge on any atom is -0.132 e. The molecule has 3 rings (SSSR count). The first-order valence-electron chi connectivity index (χ1n) is 4.95. The van der Waals surface area contributed by atoms with Crippen LogP contribution < -0.4 is 4.68 Å². The Hall–Kier alpha value is -1.52. The molecule has 0 bridgehead atoms. The molecule has 72 valence electrons. The highest BCUT2D eigenvalue weighted by atomic mass is 15.6. The second-order valence-corrected chi connectivity index (χ2v) is 3.75. The number of tetrazole rings is 1. The molecule has 0 radical (unpaired) electrons. The predicted molar refractivity (Wildman–Crippen MR) is 48.6 cm³/mol. The molecule has 5 heteroatoms. The van der Waals surface area contributed by atoms with Gasteiger partial charge in [-0.2, -0.15) is 0 Å². The summed E-state index contributed by atoms with van der Waals surface area (Å²) in [6.45, 7) is 0. The molecule has 5 nitrogen and oxygen atoms in total. The lowest BCUT2D eigenvalue weighted by Crippen LogP contribution is -2.31. The van der Waals surface area contributed by atoms with Gasteiger partial charge in [0.1, 0.15) is 10.9 Å². The van der Waals surface area contributed by atoms with Gasteiger partial charge < -0.3 is 0 Å². The standard InChI is InChI=1S/C9H12N5/c1-13-9-10-6-7-4-2-3-5-8(7)14(9)12-11-13/h6H,2-5H2,1H3/q+1. The largest absolute Gasteiger partial charge is 0.407 e. The summed E-state index contributed by atoms with van der Waals surface area (Å²) in [5.74, 6) is 0.825. The number of rotatable bonds is 0. The Labute approximate surface area is 81.4 Å². The molecule has 1 aliphatic rings. The van der Waals surface area contributed by atoms with Crippen molar-refractivity contribution in [3.05, 3.63) is 17.5 Å². The number of hydrogen-bond acceptors (Lipinski definition) is 3. The molecule has 0 aliphatic heterocycles. The van der Waals surface area contributed by atoms with Crippen LogP contribution in [0.3, 0.4) is 0 Å². The highest BCUT2D eigenvalue weighted by Gasteiger charge is 2.21. The second kappa shape index (κ2) is 2.73. The van der Waals surface area contributed by atoms with E-state index in [1.54, 1.807) is 4.68 Å². The summed E-state index contributed by atoms with van der Waals surface area (Å²) in [5.41, 5.74) is 2.61. The van der Waals surface area contributed by atoms with Crippen LogP contribution in [0, 0.1) is 0 Å². The molecule has 0 saturated heterocycles. The van der Waals surface area contributed by atoms with E-state index in [2.05, 4.69) is 15.4 Å². The van der Waals surface area contributed by atoms with Gasteiger partial charge in [-0.15, -0.1) is 9.67 Å². The second-order valence-electron chi connectivity index (χ2n) is 3.75. The lowest BCUT2D eigenvalue weighted by molar-refractivity contribution is -0.709. The smallest absolute Gasteiger partial charge is 0.132 e. The summed E-state index contributed by atoms with van der Waals surface area (Å²) in [7, 11) is 1.87. The van der Waals surface area contributed by atoms with Gasteiger partial charge in [0.05, 0.1) is 18.5 Å². The molecule has 2 aromatic rings. The quantitative estimate of drug-likeness (QED) is 0.542. The molecule has 0 fully saturated rings. The first kappa shape index (κ1) is 7.84. The van der Waals surface area contributed by atoms with Crippen molar-refractivity contribution < 1.29 is 4.68 Å². The number of aryl methyl sites for hydroxylation is 3. The van der Waals surface area contributed by atoms with E-state index in [-0.39, 0.29) is 0 Å². The fourth-order valence-electron chi connectivity index (χ4n) is 2.06. The molecule has 0 unspecified atom stereocenters. The van der Waals surface area contributed by atoms with Crippen LogP contribution in [0.4, 0.5) is 0 Å². The summed E-state index contributed by atoms with van der Waals surface area (Å²) < 4.78 is 3.57. The van der Waals surface area contributed by atoms with Crippen LogP contribution in [0.5, 0.6) is 0 Å². The van der Waals surface area contributed by atoms with E-state index >= 15 is 0 Å². The van der Waals surface area contributed by atoms with E-state index in [0.29, 0.717) is 0 Å². The molecule has 14 heavy (non-hydrogen) atoms. The van der Waals surface area contributed by atoms with E-state index in [1.807, 2.05) is 17.8 Å². The normalized spacial score (nSPS) is 15.8. The molecule has 2 aromatic heterocycles. The van der Waals surface area contributed by atoms with Crippen molar-refractivity contribution in [1.82, 2.24) is 19.9 Å². The topological polar surface area (TPSA) is 47.0 Å². The van der Waals surface area contributed by atoms with Crippen molar-refractivity contribution in [3.8, 4) is 0 Å². The Morgan fingerprint density at radius 2 is 2.21 bits per heavy atom. The van der Waals surface area contributed by atoms with Crippen LogP contribution in [0.25, 0.3) is 5.78 Å². The van der Waals surface area contributed by atoms with Gasteiger partial charge in [-0.1, -0.05) is 4.52 Å². The van der Waals surface area contributed by atoms with Crippen LogP contribution in [0.15, 0.2) is 6.20 Å². The third kappa shape index (κ3) is 0.950. The van der Waals surface area contributed by atoms with Crippen LogP contribution >= 0.6 is 0 Å². The fraction of sp³-hybridized carbons (Fsp3) is 0.556. The Bertz CT molecular complexity index is 487. The highest BCUT2D eigenvalue weighted by molar-refractivity contribution is 5.28. The van der Waals surface area contributed by atoms with Crippen molar-refractivity contribution in [2.24, 2.45) is 7.05 Å². The monoisotopic (exact) mass is 190 g/mol. The molecule has 0 amide bonds. The summed E-state index contributed by atoms with van der Waals surface area (Å²) >= 11 is 0. The minimum absolute atomic E-state index is 0.825. The molecular formula is C9H12N5+. The van der Waals surface area contributed by atoms with Crippen molar-refractivity contribution in [2.75, 3.05) is 0 Å². The van der Waals surface area contributed by atoms with Crippen LogP contribution in [-0.4, -0.2) is 19.9 Å². The maximum Gasteiger partial charge on any atom is 0.407 e. The summed E-state index contributed by atoms with van der Waals surface area (Å²) in [6, 6.07) is 0. The average Bonchev–Trinajstić information content (AvgIpc) is 2.61. The molecule has 0 atom stereocenters. The number of nitrogens with zero attached hydrogens (tertiary/aromatic N) is 5. The van der Waals surface area contributed by atoms with Crippen molar-refractivity contribution in [1.29, 1.82) is 0 Å². The van der Waals surface area contributed by atoms with Gasteiger partial charge in [0, 0.05) is 12.0 Å². The minimum atomic E-state index is 0.825. The Balaban J connectivity index is 2.35. The SMILES string of the molecule is C[n+]1nnn2c3c(cnc21)CCCC3. The lowest BCUT2D eigenvalue weighted by atomic mass is 9.98. The van der Waals surface area contributed by atoms with Crippen LogP contribution in [-0.2, 0) is 19.9 Å².